The molecule has 3 rings (SSSR count). The monoisotopic (exact) mass is 261 g/mol. The summed E-state index contributed by atoms with van der Waals surface area (Å²) in [5.41, 5.74) is 8.35. The normalized spacial score (nSPS) is 14.2. The maximum atomic E-state index is 11.5. The fourth-order valence-electron chi connectivity index (χ4n) is 2.24. The van der Waals surface area contributed by atoms with Gasteiger partial charge in [0, 0.05) is 19.3 Å². The molecule has 1 aliphatic rings. The zero-order valence-electron chi connectivity index (χ0n) is 11.5. The first kappa shape index (κ1) is 13.3. The van der Waals surface area contributed by atoms with Crippen LogP contribution in [0, 0.1) is 6.92 Å². The summed E-state index contributed by atoms with van der Waals surface area (Å²) in [6.45, 7) is 7.15. The molecule has 0 saturated heterocycles. The Morgan fingerprint density at radius 3 is 2.89 bits per heavy atom. The van der Waals surface area contributed by atoms with Crippen LogP contribution in [0.5, 0.6) is 0 Å². The Kier molecular flexibility index (Phi) is 3.69. The van der Waals surface area contributed by atoms with Crippen molar-refractivity contribution in [3.05, 3.63) is 17.7 Å². The number of fused-ring (bicyclic) bond motifs is 3. The maximum Gasteiger partial charge on any atom is 0.226 e. The number of hydrogen-bond acceptors (Lipinski definition) is 4. The number of nitrogen functional groups attached to an aromatic ring is 1. The average Bonchev–Trinajstić information content (AvgIpc) is 2.56. The molecule has 0 bridgehead atoms. The van der Waals surface area contributed by atoms with E-state index >= 15 is 0 Å². The van der Waals surface area contributed by atoms with Crippen molar-refractivity contribution in [1.29, 1.82) is 0 Å². The molecule has 2 aromatic heterocycles. The molecule has 3 N–H and O–H groups in total. The maximum absolute atomic E-state index is 11.5. The summed E-state index contributed by atoms with van der Waals surface area (Å²) < 4.78 is 2.01. The largest absolute Gasteiger partial charge is 0.397 e. The SMILES string of the molecule is CC.Cc1ncc2c(N)c3n(c2n1)CCNC(=O)C3. The van der Waals surface area contributed by atoms with E-state index in [1.54, 1.807) is 6.20 Å². The molecule has 0 aliphatic carbocycles. The van der Waals surface area contributed by atoms with E-state index in [-0.39, 0.29) is 5.91 Å². The highest BCUT2D eigenvalue weighted by molar-refractivity contribution is 5.93. The van der Waals surface area contributed by atoms with Crippen molar-refractivity contribution in [1.82, 2.24) is 19.9 Å². The number of aryl methyl sites for hydroxylation is 1. The van der Waals surface area contributed by atoms with Gasteiger partial charge in [-0.25, -0.2) is 9.97 Å². The van der Waals surface area contributed by atoms with Gasteiger partial charge in [-0.15, -0.1) is 0 Å². The Morgan fingerprint density at radius 2 is 2.16 bits per heavy atom. The summed E-state index contributed by atoms with van der Waals surface area (Å²) in [5.74, 6) is 0.712. The first-order chi connectivity index (χ1) is 9.16. The molecular formula is C13H19N5O. The number of nitrogens with zero attached hydrogens (tertiary/aromatic N) is 3. The second kappa shape index (κ2) is 5.26. The molecular weight excluding hydrogens is 242 g/mol. The Morgan fingerprint density at radius 1 is 1.42 bits per heavy atom. The molecule has 6 heteroatoms. The molecule has 6 nitrogen and oxygen atoms in total. The van der Waals surface area contributed by atoms with Crippen LogP contribution in [0.15, 0.2) is 6.20 Å². The van der Waals surface area contributed by atoms with E-state index in [0.717, 1.165) is 16.7 Å². The lowest BCUT2D eigenvalue weighted by Gasteiger charge is -2.04. The fraction of sp³-hybridized carbons (Fsp3) is 0.462. The van der Waals surface area contributed by atoms with Gasteiger partial charge in [0.05, 0.1) is 23.2 Å². The van der Waals surface area contributed by atoms with Gasteiger partial charge >= 0.3 is 0 Å². The summed E-state index contributed by atoms with van der Waals surface area (Å²) in [6, 6.07) is 0. The molecule has 1 aliphatic heterocycles. The second-order valence-corrected chi connectivity index (χ2v) is 4.19. The predicted molar refractivity (Wildman–Crippen MR) is 74.7 cm³/mol. The number of rotatable bonds is 0. The van der Waals surface area contributed by atoms with E-state index in [0.29, 0.717) is 31.0 Å². The highest BCUT2D eigenvalue weighted by Gasteiger charge is 2.21. The summed E-state index contributed by atoms with van der Waals surface area (Å²) in [5, 5.41) is 3.66. The lowest BCUT2D eigenvalue weighted by atomic mass is 10.2. The van der Waals surface area contributed by atoms with E-state index in [1.165, 1.54) is 0 Å². The van der Waals surface area contributed by atoms with Crippen LogP contribution >= 0.6 is 0 Å². The predicted octanol–water partition coefficient (Wildman–Crippen LogP) is 1.02. The van der Waals surface area contributed by atoms with Crippen LogP contribution in [-0.4, -0.2) is 27.0 Å². The summed E-state index contributed by atoms with van der Waals surface area (Å²) >= 11 is 0. The number of aromatic nitrogens is 3. The third kappa shape index (κ3) is 2.25. The van der Waals surface area contributed by atoms with E-state index in [9.17, 15) is 4.79 Å². The zero-order chi connectivity index (χ0) is 14.0. The minimum Gasteiger partial charge on any atom is -0.397 e. The molecule has 0 fully saturated rings. The molecule has 1 amide bonds. The van der Waals surface area contributed by atoms with E-state index in [1.807, 2.05) is 25.3 Å². The minimum absolute atomic E-state index is 0.00272. The topological polar surface area (TPSA) is 85.8 Å². The van der Waals surface area contributed by atoms with Gasteiger partial charge in [-0.1, -0.05) is 13.8 Å². The smallest absolute Gasteiger partial charge is 0.226 e. The van der Waals surface area contributed by atoms with E-state index < -0.39 is 0 Å². The van der Waals surface area contributed by atoms with Gasteiger partial charge in [0.15, 0.2) is 0 Å². The van der Waals surface area contributed by atoms with Crippen molar-refractivity contribution in [3.63, 3.8) is 0 Å². The first-order valence-corrected chi connectivity index (χ1v) is 6.53. The molecule has 102 valence electrons. The molecule has 2 aromatic rings. The molecule has 0 atom stereocenters. The van der Waals surface area contributed by atoms with Gasteiger partial charge in [0.2, 0.25) is 5.91 Å². The quantitative estimate of drug-likeness (QED) is 0.741. The van der Waals surface area contributed by atoms with Crippen molar-refractivity contribution >= 4 is 22.6 Å². The number of nitrogens with two attached hydrogens (primary N) is 1. The highest BCUT2D eigenvalue weighted by Crippen LogP contribution is 2.27. The molecule has 0 spiro atoms. The van der Waals surface area contributed by atoms with Crippen molar-refractivity contribution in [2.24, 2.45) is 0 Å². The molecule has 0 aromatic carbocycles. The fourth-order valence-corrected chi connectivity index (χ4v) is 2.24. The third-order valence-electron chi connectivity index (χ3n) is 3.06. The molecule has 3 heterocycles. The lowest BCUT2D eigenvalue weighted by Crippen LogP contribution is -2.24. The van der Waals surface area contributed by atoms with Crippen LogP contribution in [0.2, 0.25) is 0 Å². The Balaban J connectivity index is 0.000000637. The van der Waals surface area contributed by atoms with Gasteiger partial charge in [-0.2, -0.15) is 0 Å². The summed E-state index contributed by atoms with van der Waals surface area (Å²) in [6.07, 6.45) is 2.04. The average molecular weight is 261 g/mol. The summed E-state index contributed by atoms with van der Waals surface area (Å²) in [4.78, 5) is 20.1. The number of nitrogens with one attached hydrogen (secondary N) is 1. The van der Waals surface area contributed by atoms with Crippen molar-refractivity contribution in [2.45, 2.75) is 33.7 Å². The Labute approximate surface area is 112 Å². The molecule has 0 saturated carbocycles. The number of carbonyl (C=O) groups is 1. The number of carbonyl (C=O) groups excluding carboxylic acids is 1. The van der Waals surface area contributed by atoms with E-state index in [4.69, 9.17) is 5.73 Å². The standard InChI is InChI=1S/C11H13N5O.C2H6/c1-6-14-5-7-10(12)8-4-9(17)13-2-3-16(8)11(7)15-6;1-2/h5H,2-4,12H2,1H3,(H,13,17);1-2H3. The van der Waals surface area contributed by atoms with Crippen molar-refractivity contribution < 1.29 is 4.79 Å². The van der Waals surface area contributed by atoms with Crippen LogP contribution in [0.3, 0.4) is 0 Å². The lowest BCUT2D eigenvalue weighted by molar-refractivity contribution is -0.120. The Hall–Kier alpha value is -2.11. The Bertz CT molecular complexity index is 617. The van der Waals surface area contributed by atoms with Gasteiger partial charge in [-0.3, -0.25) is 4.79 Å². The molecule has 0 radical (unpaired) electrons. The minimum atomic E-state index is 0.00272. The van der Waals surface area contributed by atoms with Gasteiger partial charge in [0.25, 0.3) is 0 Å². The van der Waals surface area contributed by atoms with Gasteiger partial charge in [-0.05, 0) is 6.92 Å². The zero-order valence-corrected chi connectivity index (χ0v) is 11.5. The van der Waals surface area contributed by atoms with Crippen LogP contribution in [0.1, 0.15) is 25.4 Å². The van der Waals surface area contributed by atoms with Gasteiger partial charge in [0.1, 0.15) is 11.5 Å². The van der Waals surface area contributed by atoms with Gasteiger partial charge < -0.3 is 15.6 Å². The van der Waals surface area contributed by atoms with Crippen LogP contribution in [0.25, 0.3) is 11.0 Å². The number of anilines is 1. The number of hydrogen-bond donors (Lipinski definition) is 2. The van der Waals surface area contributed by atoms with Crippen LogP contribution < -0.4 is 11.1 Å². The van der Waals surface area contributed by atoms with Crippen LogP contribution in [-0.2, 0) is 17.8 Å². The van der Waals surface area contributed by atoms with Crippen molar-refractivity contribution in [2.75, 3.05) is 12.3 Å². The van der Waals surface area contributed by atoms with E-state index in [2.05, 4.69) is 15.3 Å². The van der Waals surface area contributed by atoms with Crippen molar-refractivity contribution in [3.8, 4) is 0 Å². The summed E-state index contributed by atoms with van der Waals surface area (Å²) in [7, 11) is 0. The first-order valence-electron chi connectivity index (χ1n) is 6.53. The van der Waals surface area contributed by atoms with Crippen LogP contribution in [0.4, 0.5) is 5.69 Å². The number of amides is 1. The highest BCUT2D eigenvalue weighted by atomic mass is 16.1. The second-order valence-electron chi connectivity index (χ2n) is 4.19. The molecule has 19 heavy (non-hydrogen) atoms. The third-order valence-corrected chi connectivity index (χ3v) is 3.06. The molecule has 0 unspecified atom stereocenters.